The molecule has 0 spiro atoms. The van der Waals surface area contributed by atoms with Crippen LogP contribution in [0.25, 0.3) is 0 Å². The second-order valence-corrected chi connectivity index (χ2v) is 5.43. The molecule has 0 atom stereocenters. The summed E-state index contributed by atoms with van der Waals surface area (Å²) in [7, 11) is 0. The van der Waals surface area contributed by atoms with Gasteiger partial charge in [0.05, 0.1) is 6.54 Å². The molecule has 3 N–H and O–H groups in total. The van der Waals surface area contributed by atoms with Crippen molar-refractivity contribution in [2.24, 2.45) is 11.1 Å². The largest absolute Gasteiger partial charge is 0.354 e. The fourth-order valence-electron chi connectivity index (χ4n) is 2.11. The molecule has 1 heterocycles. The molecule has 0 bridgehead atoms. The third-order valence-corrected chi connectivity index (χ3v) is 3.27. The number of nitrogens with zero attached hydrogens (tertiary/aromatic N) is 1. The zero-order chi connectivity index (χ0) is 12.0. The zero-order valence-corrected chi connectivity index (χ0v) is 10.6. The van der Waals surface area contributed by atoms with Crippen LogP contribution in [-0.4, -0.2) is 43.5 Å². The Labute approximate surface area is 98.6 Å². The van der Waals surface area contributed by atoms with Crippen LogP contribution in [-0.2, 0) is 4.79 Å². The van der Waals surface area contributed by atoms with E-state index in [1.807, 2.05) is 0 Å². The Morgan fingerprint density at radius 2 is 2.12 bits per heavy atom. The van der Waals surface area contributed by atoms with Crippen molar-refractivity contribution >= 4 is 5.91 Å². The first-order valence-corrected chi connectivity index (χ1v) is 6.23. The van der Waals surface area contributed by atoms with Crippen LogP contribution >= 0.6 is 0 Å². The van der Waals surface area contributed by atoms with Gasteiger partial charge in [0.15, 0.2) is 0 Å². The number of hydrogen-bond donors (Lipinski definition) is 2. The van der Waals surface area contributed by atoms with Crippen molar-refractivity contribution in [2.75, 3.05) is 32.7 Å². The van der Waals surface area contributed by atoms with Gasteiger partial charge >= 0.3 is 0 Å². The van der Waals surface area contributed by atoms with Crippen LogP contribution in [0.2, 0.25) is 0 Å². The molecule has 1 rings (SSSR count). The quantitative estimate of drug-likeness (QED) is 0.738. The lowest BCUT2D eigenvalue weighted by Gasteiger charge is -2.22. The van der Waals surface area contributed by atoms with Crippen LogP contribution < -0.4 is 11.1 Å². The van der Waals surface area contributed by atoms with E-state index in [9.17, 15) is 4.79 Å². The minimum absolute atomic E-state index is 0.102. The van der Waals surface area contributed by atoms with E-state index >= 15 is 0 Å². The minimum atomic E-state index is 0.102. The molecule has 1 amide bonds. The number of amides is 1. The van der Waals surface area contributed by atoms with Crippen LogP contribution in [0.4, 0.5) is 0 Å². The third kappa shape index (κ3) is 4.94. The van der Waals surface area contributed by atoms with Crippen LogP contribution in [0.1, 0.15) is 33.1 Å². The van der Waals surface area contributed by atoms with Gasteiger partial charge in [-0.15, -0.1) is 0 Å². The Morgan fingerprint density at radius 3 is 2.81 bits per heavy atom. The number of carbonyl (C=O) groups excluding carboxylic acids is 1. The van der Waals surface area contributed by atoms with Gasteiger partial charge in [-0.3, -0.25) is 9.69 Å². The smallest absolute Gasteiger partial charge is 0.234 e. The van der Waals surface area contributed by atoms with Crippen LogP contribution in [0.3, 0.4) is 0 Å². The van der Waals surface area contributed by atoms with E-state index in [0.717, 1.165) is 13.1 Å². The summed E-state index contributed by atoms with van der Waals surface area (Å²) in [6.07, 6.45) is 3.63. The van der Waals surface area contributed by atoms with Crippen molar-refractivity contribution < 1.29 is 4.79 Å². The fraction of sp³-hybridized carbons (Fsp3) is 0.917. The average Bonchev–Trinajstić information content (AvgIpc) is 2.37. The Morgan fingerprint density at radius 1 is 1.38 bits per heavy atom. The van der Waals surface area contributed by atoms with Crippen molar-refractivity contribution in [1.29, 1.82) is 0 Å². The molecule has 0 saturated carbocycles. The SMILES string of the molecule is CC1(C)CCCN(CC(=O)NCCN)CC1. The molecule has 1 saturated heterocycles. The lowest BCUT2D eigenvalue weighted by Crippen LogP contribution is -2.39. The van der Waals surface area contributed by atoms with E-state index in [1.54, 1.807) is 0 Å². The highest BCUT2D eigenvalue weighted by molar-refractivity contribution is 5.77. The molecule has 0 radical (unpaired) electrons. The molecule has 1 fully saturated rings. The molecule has 16 heavy (non-hydrogen) atoms. The van der Waals surface area contributed by atoms with Gasteiger partial charge in [-0.05, 0) is 37.8 Å². The fourth-order valence-corrected chi connectivity index (χ4v) is 2.11. The summed E-state index contributed by atoms with van der Waals surface area (Å²) in [6, 6.07) is 0. The molecule has 0 aromatic rings. The summed E-state index contributed by atoms with van der Waals surface area (Å²) in [5.41, 5.74) is 5.78. The summed E-state index contributed by atoms with van der Waals surface area (Å²) >= 11 is 0. The van der Waals surface area contributed by atoms with Crippen molar-refractivity contribution in [2.45, 2.75) is 33.1 Å². The maximum absolute atomic E-state index is 11.5. The molecule has 4 nitrogen and oxygen atoms in total. The first-order valence-electron chi connectivity index (χ1n) is 6.23. The number of carbonyl (C=O) groups is 1. The van der Waals surface area contributed by atoms with Crippen LogP contribution in [0, 0.1) is 5.41 Å². The molecule has 0 unspecified atom stereocenters. The molecule has 0 aromatic carbocycles. The van der Waals surface area contributed by atoms with Crippen LogP contribution in [0.5, 0.6) is 0 Å². The number of nitrogens with two attached hydrogens (primary N) is 1. The lowest BCUT2D eigenvalue weighted by molar-refractivity contribution is -0.122. The van der Waals surface area contributed by atoms with Crippen molar-refractivity contribution in [3.63, 3.8) is 0 Å². The van der Waals surface area contributed by atoms with E-state index in [-0.39, 0.29) is 5.91 Å². The second-order valence-electron chi connectivity index (χ2n) is 5.43. The molecule has 0 aliphatic carbocycles. The summed E-state index contributed by atoms with van der Waals surface area (Å²) in [5, 5.41) is 2.82. The third-order valence-electron chi connectivity index (χ3n) is 3.27. The summed E-state index contributed by atoms with van der Waals surface area (Å²) in [4.78, 5) is 13.8. The van der Waals surface area contributed by atoms with Gasteiger partial charge in [-0.2, -0.15) is 0 Å². The van der Waals surface area contributed by atoms with Gasteiger partial charge in [0.1, 0.15) is 0 Å². The Hall–Kier alpha value is -0.610. The van der Waals surface area contributed by atoms with Crippen LogP contribution in [0.15, 0.2) is 0 Å². The molecule has 94 valence electrons. The second kappa shape index (κ2) is 6.21. The first-order chi connectivity index (χ1) is 7.53. The maximum Gasteiger partial charge on any atom is 0.234 e. The number of likely N-dealkylation sites (tertiary alicyclic amines) is 1. The maximum atomic E-state index is 11.5. The molecular formula is C12H25N3O. The highest BCUT2D eigenvalue weighted by Crippen LogP contribution is 2.29. The lowest BCUT2D eigenvalue weighted by atomic mass is 9.85. The normalized spacial score (nSPS) is 21.4. The summed E-state index contributed by atoms with van der Waals surface area (Å²) in [6.45, 7) is 8.31. The summed E-state index contributed by atoms with van der Waals surface area (Å²) < 4.78 is 0. The Bertz CT molecular complexity index is 228. The standard InChI is InChI=1S/C12H25N3O/c1-12(2)4-3-8-15(9-5-12)10-11(16)14-7-6-13/h3-10,13H2,1-2H3,(H,14,16). The van der Waals surface area contributed by atoms with E-state index in [2.05, 4.69) is 24.1 Å². The van der Waals surface area contributed by atoms with Gasteiger partial charge in [0.2, 0.25) is 5.91 Å². The average molecular weight is 227 g/mol. The molecule has 1 aliphatic rings. The molecule has 1 aliphatic heterocycles. The van der Waals surface area contributed by atoms with Crippen molar-refractivity contribution in [1.82, 2.24) is 10.2 Å². The Kier molecular flexibility index (Phi) is 5.22. The van der Waals surface area contributed by atoms with Gasteiger partial charge in [-0.25, -0.2) is 0 Å². The van der Waals surface area contributed by atoms with Gasteiger partial charge in [0.25, 0.3) is 0 Å². The van der Waals surface area contributed by atoms with Crippen molar-refractivity contribution in [3.8, 4) is 0 Å². The van der Waals surface area contributed by atoms with E-state index in [4.69, 9.17) is 5.73 Å². The van der Waals surface area contributed by atoms with Gasteiger partial charge in [-0.1, -0.05) is 13.8 Å². The zero-order valence-electron chi connectivity index (χ0n) is 10.6. The number of nitrogens with one attached hydrogen (secondary N) is 1. The van der Waals surface area contributed by atoms with Gasteiger partial charge < -0.3 is 11.1 Å². The minimum Gasteiger partial charge on any atom is -0.354 e. The number of hydrogen-bond acceptors (Lipinski definition) is 3. The first kappa shape index (κ1) is 13.5. The van der Waals surface area contributed by atoms with E-state index in [0.29, 0.717) is 25.0 Å². The number of rotatable bonds is 4. The Balaban J connectivity index is 2.29. The highest BCUT2D eigenvalue weighted by Gasteiger charge is 2.23. The molecular weight excluding hydrogens is 202 g/mol. The van der Waals surface area contributed by atoms with E-state index < -0.39 is 0 Å². The van der Waals surface area contributed by atoms with E-state index in [1.165, 1.54) is 19.3 Å². The monoisotopic (exact) mass is 227 g/mol. The molecule has 4 heteroatoms. The predicted octanol–water partition coefficient (Wildman–Crippen LogP) is 0.573. The molecule has 0 aromatic heterocycles. The summed E-state index contributed by atoms with van der Waals surface area (Å²) in [5.74, 6) is 0.102. The highest BCUT2D eigenvalue weighted by atomic mass is 16.2. The predicted molar refractivity (Wildman–Crippen MR) is 66.1 cm³/mol. The van der Waals surface area contributed by atoms with Crippen molar-refractivity contribution in [3.05, 3.63) is 0 Å². The topological polar surface area (TPSA) is 58.4 Å². The van der Waals surface area contributed by atoms with Gasteiger partial charge in [0, 0.05) is 13.1 Å².